The summed E-state index contributed by atoms with van der Waals surface area (Å²) in [4.78, 5) is 25.9. The number of benzene rings is 2. The first kappa shape index (κ1) is 16.9. The maximum atomic E-state index is 12.6. The number of carbonyl (C=O) groups is 2. The molecule has 2 amide bonds. The standard InChI is InChI=1S/C18H17ClN2O2S/c1-10-9-12(19)7-8-13(10)20-17(22)11(2)16-18(23)21-14-5-3-4-6-15(14)24-16/h3-9,11,16H,1-2H3,(H,20,22)(H,21,23)/t11-,16+/m1/s1. The number of carbonyl (C=O) groups excluding carboxylic acids is 2. The quantitative estimate of drug-likeness (QED) is 0.856. The molecule has 0 aromatic heterocycles. The van der Waals surface area contributed by atoms with Crippen molar-refractivity contribution >= 4 is 46.6 Å². The number of anilines is 2. The predicted octanol–water partition coefficient (Wildman–Crippen LogP) is 4.34. The van der Waals surface area contributed by atoms with Gasteiger partial charge < -0.3 is 10.6 Å². The average Bonchev–Trinajstić information content (AvgIpc) is 2.56. The van der Waals surface area contributed by atoms with Crippen molar-refractivity contribution in [2.45, 2.75) is 24.0 Å². The van der Waals surface area contributed by atoms with Gasteiger partial charge in [-0.3, -0.25) is 9.59 Å². The molecule has 2 aromatic rings. The summed E-state index contributed by atoms with van der Waals surface area (Å²) in [5, 5.41) is 5.92. The van der Waals surface area contributed by atoms with Gasteiger partial charge in [0.1, 0.15) is 0 Å². The highest BCUT2D eigenvalue weighted by Crippen LogP contribution is 2.38. The molecule has 0 radical (unpaired) electrons. The number of hydrogen-bond acceptors (Lipinski definition) is 3. The van der Waals surface area contributed by atoms with Crippen LogP contribution in [0.3, 0.4) is 0 Å². The van der Waals surface area contributed by atoms with Gasteiger partial charge in [0.2, 0.25) is 11.8 Å². The molecule has 0 saturated carbocycles. The molecule has 0 aliphatic carbocycles. The van der Waals surface area contributed by atoms with Crippen LogP contribution in [0.5, 0.6) is 0 Å². The molecule has 0 bridgehead atoms. The fourth-order valence-corrected chi connectivity index (χ4v) is 3.94. The Labute approximate surface area is 150 Å². The number of thioether (sulfide) groups is 1. The summed E-state index contributed by atoms with van der Waals surface area (Å²) in [7, 11) is 0. The van der Waals surface area contributed by atoms with Crippen molar-refractivity contribution in [1.82, 2.24) is 0 Å². The molecular weight excluding hydrogens is 344 g/mol. The lowest BCUT2D eigenvalue weighted by Gasteiger charge is -2.27. The van der Waals surface area contributed by atoms with E-state index in [0.717, 1.165) is 16.1 Å². The van der Waals surface area contributed by atoms with Crippen LogP contribution < -0.4 is 10.6 Å². The average molecular weight is 361 g/mol. The Kier molecular flexibility index (Phi) is 4.83. The van der Waals surface area contributed by atoms with Gasteiger partial charge in [-0.25, -0.2) is 0 Å². The van der Waals surface area contributed by atoms with Crippen molar-refractivity contribution in [3.63, 3.8) is 0 Å². The molecule has 2 atom stereocenters. The molecule has 3 rings (SSSR count). The fraction of sp³-hybridized carbons (Fsp3) is 0.222. The summed E-state index contributed by atoms with van der Waals surface area (Å²) in [6, 6.07) is 12.9. The van der Waals surface area contributed by atoms with E-state index < -0.39 is 11.2 Å². The number of amides is 2. The van der Waals surface area contributed by atoms with Crippen molar-refractivity contribution in [1.29, 1.82) is 0 Å². The van der Waals surface area contributed by atoms with E-state index in [-0.39, 0.29) is 11.8 Å². The smallest absolute Gasteiger partial charge is 0.238 e. The normalized spacial score (nSPS) is 17.6. The van der Waals surface area contributed by atoms with Crippen LogP contribution >= 0.6 is 23.4 Å². The summed E-state index contributed by atoms with van der Waals surface area (Å²) >= 11 is 7.36. The van der Waals surface area contributed by atoms with Crippen LogP contribution in [0.2, 0.25) is 5.02 Å². The number of nitrogens with one attached hydrogen (secondary N) is 2. The Hall–Kier alpha value is -1.98. The highest BCUT2D eigenvalue weighted by Gasteiger charge is 2.35. The lowest BCUT2D eigenvalue weighted by Crippen LogP contribution is -2.39. The van der Waals surface area contributed by atoms with Gasteiger partial charge in [-0.05, 0) is 42.8 Å². The Balaban J connectivity index is 1.75. The molecule has 0 spiro atoms. The lowest BCUT2D eigenvalue weighted by molar-refractivity contribution is -0.123. The van der Waals surface area contributed by atoms with E-state index in [2.05, 4.69) is 10.6 Å². The summed E-state index contributed by atoms with van der Waals surface area (Å²) in [5.41, 5.74) is 2.39. The summed E-state index contributed by atoms with van der Waals surface area (Å²) in [6.45, 7) is 3.65. The maximum absolute atomic E-state index is 12.6. The van der Waals surface area contributed by atoms with E-state index in [1.54, 1.807) is 25.1 Å². The van der Waals surface area contributed by atoms with Crippen LogP contribution in [0.15, 0.2) is 47.4 Å². The molecule has 2 N–H and O–H groups in total. The van der Waals surface area contributed by atoms with E-state index in [0.29, 0.717) is 10.7 Å². The number of aryl methyl sites for hydroxylation is 1. The number of halogens is 1. The second kappa shape index (κ2) is 6.87. The molecule has 0 fully saturated rings. The minimum atomic E-state index is -0.474. The summed E-state index contributed by atoms with van der Waals surface area (Å²) in [5.74, 6) is -0.805. The van der Waals surface area contributed by atoms with Crippen LogP contribution in [0.25, 0.3) is 0 Å². The lowest BCUT2D eigenvalue weighted by atomic mass is 10.0. The fourth-order valence-electron chi connectivity index (χ4n) is 2.55. The van der Waals surface area contributed by atoms with Crippen LogP contribution in [-0.4, -0.2) is 17.1 Å². The van der Waals surface area contributed by atoms with E-state index in [1.807, 2.05) is 31.2 Å². The monoisotopic (exact) mass is 360 g/mol. The third-order valence-electron chi connectivity index (χ3n) is 3.97. The molecule has 1 aliphatic rings. The second-order valence-electron chi connectivity index (χ2n) is 5.76. The van der Waals surface area contributed by atoms with Gasteiger partial charge in [-0.15, -0.1) is 11.8 Å². The molecule has 4 nitrogen and oxygen atoms in total. The highest BCUT2D eigenvalue weighted by atomic mass is 35.5. The summed E-state index contributed by atoms with van der Waals surface area (Å²) in [6.07, 6.45) is 0. The number of rotatable bonds is 3. The molecule has 1 aliphatic heterocycles. The SMILES string of the molecule is Cc1cc(Cl)ccc1NC(=O)[C@H](C)[C@@H]1Sc2ccccc2NC1=O. The topological polar surface area (TPSA) is 58.2 Å². The third-order valence-corrected chi connectivity index (χ3v) is 5.69. The van der Waals surface area contributed by atoms with Crippen molar-refractivity contribution in [3.05, 3.63) is 53.1 Å². The van der Waals surface area contributed by atoms with E-state index in [1.165, 1.54) is 11.8 Å². The van der Waals surface area contributed by atoms with Crippen LogP contribution in [0.4, 0.5) is 11.4 Å². The van der Waals surface area contributed by atoms with E-state index >= 15 is 0 Å². The van der Waals surface area contributed by atoms with Gasteiger partial charge in [-0.1, -0.05) is 30.7 Å². The van der Waals surface area contributed by atoms with E-state index in [9.17, 15) is 9.59 Å². The molecule has 2 aromatic carbocycles. The highest BCUT2D eigenvalue weighted by molar-refractivity contribution is 8.01. The maximum Gasteiger partial charge on any atom is 0.238 e. The molecule has 1 heterocycles. The van der Waals surface area contributed by atoms with Gasteiger partial charge in [0, 0.05) is 15.6 Å². The van der Waals surface area contributed by atoms with Crippen molar-refractivity contribution in [2.75, 3.05) is 10.6 Å². The van der Waals surface area contributed by atoms with Gasteiger partial charge in [0.05, 0.1) is 16.9 Å². The Bertz CT molecular complexity index is 809. The molecule has 124 valence electrons. The number of hydrogen-bond donors (Lipinski definition) is 2. The van der Waals surface area contributed by atoms with Gasteiger partial charge in [-0.2, -0.15) is 0 Å². The molecule has 0 unspecified atom stereocenters. The van der Waals surface area contributed by atoms with Crippen LogP contribution in [0.1, 0.15) is 12.5 Å². The largest absolute Gasteiger partial charge is 0.326 e. The van der Waals surface area contributed by atoms with Crippen molar-refractivity contribution in [3.8, 4) is 0 Å². The minimum absolute atomic E-state index is 0.144. The summed E-state index contributed by atoms with van der Waals surface area (Å²) < 4.78 is 0. The molecule has 24 heavy (non-hydrogen) atoms. The molecular formula is C18H17ClN2O2S. The first-order valence-corrected chi connectivity index (χ1v) is 8.85. The zero-order valence-electron chi connectivity index (χ0n) is 13.3. The molecule has 6 heteroatoms. The Morgan fingerprint density at radius 3 is 2.79 bits per heavy atom. The zero-order valence-corrected chi connectivity index (χ0v) is 14.9. The van der Waals surface area contributed by atoms with Gasteiger partial charge in [0.25, 0.3) is 0 Å². The Morgan fingerprint density at radius 2 is 2.04 bits per heavy atom. The second-order valence-corrected chi connectivity index (χ2v) is 7.38. The predicted molar refractivity (Wildman–Crippen MR) is 98.7 cm³/mol. The van der Waals surface area contributed by atoms with Crippen LogP contribution in [0, 0.1) is 12.8 Å². The minimum Gasteiger partial charge on any atom is -0.326 e. The van der Waals surface area contributed by atoms with Gasteiger partial charge in [0.15, 0.2) is 0 Å². The van der Waals surface area contributed by atoms with Crippen molar-refractivity contribution in [2.24, 2.45) is 5.92 Å². The van der Waals surface area contributed by atoms with E-state index in [4.69, 9.17) is 11.6 Å². The first-order valence-electron chi connectivity index (χ1n) is 7.59. The van der Waals surface area contributed by atoms with Crippen molar-refractivity contribution < 1.29 is 9.59 Å². The van der Waals surface area contributed by atoms with Crippen LogP contribution in [-0.2, 0) is 9.59 Å². The zero-order chi connectivity index (χ0) is 17.3. The number of fused-ring (bicyclic) bond motifs is 1. The number of para-hydroxylation sites is 1. The third kappa shape index (κ3) is 3.42. The Morgan fingerprint density at radius 1 is 1.29 bits per heavy atom. The molecule has 0 saturated heterocycles. The van der Waals surface area contributed by atoms with Gasteiger partial charge >= 0.3 is 0 Å². The first-order chi connectivity index (χ1) is 11.5.